The molecule has 2 aromatic rings. The van der Waals surface area contributed by atoms with E-state index in [0.29, 0.717) is 16.0 Å². The van der Waals surface area contributed by atoms with E-state index < -0.39 is 5.97 Å². The smallest absolute Gasteiger partial charge is 0.373 e. The van der Waals surface area contributed by atoms with Gasteiger partial charge < -0.3 is 9.15 Å². The molecule has 0 unspecified atom stereocenters. The number of carbonyl (C=O) groups excluding carboxylic acids is 1. The molecule has 0 aliphatic carbocycles. The van der Waals surface area contributed by atoms with Gasteiger partial charge in [-0.05, 0) is 28.1 Å². The molecule has 0 aliphatic rings. The lowest BCUT2D eigenvalue weighted by molar-refractivity contribution is 0.0567. The lowest BCUT2D eigenvalue weighted by Crippen LogP contribution is -1.97. The van der Waals surface area contributed by atoms with Crippen LogP contribution in [0, 0.1) is 0 Å². The molecule has 0 radical (unpaired) electrons. The van der Waals surface area contributed by atoms with Crippen LogP contribution >= 0.6 is 27.5 Å². The van der Waals surface area contributed by atoms with Gasteiger partial charge in [-0.2, -0.15) is 0 Å². The van der Waals surface area contributed by atoms with Crippen LogP contribution in [0.25, 0.3) is 11.0 Å². The van der Waals surface area contributed by atoms with Crippen molar-refractivity contribution in [2.75, 3.05) is 7.11 Å². The first kappa shape index (κ1) is 10.5. The van der Waals surface area contributed by atoms with Crippen LogP contribution in [0.1, 0.15) is 10.6 Å². The zero-order valence-electron chi connectivity index (χ0n) is 7.71. The highest BCUT2D eigenvalue weighted by atomic mass is 79.9. The molecule has 0 saturated carbocycles. The quantitative estimate of drug-likeness (QED) is 0.753. The minimum atomic E-state index is -0.519. The molecule has 0 bridgehead atoms. The number of ether oxygens (including phenoxy) is 1. The first-order valence-corrected chi connectivity index (χ1v) is 5.26. The van der Waals surface area contributed by atoms with E-state index >= 15 is 0 Å². The number of benzene rings is 1. The summed E-state index contributed by atoms with van der Waals surface area (Å²) >= 11 is 9.27. The van der Waals surface area contributed by atoms with Gasteiger partial charge in [-0.25, -0.2) is 4.79 Å². The third-order valence-corrected chi connectivity index (χ3v) is 2.92. The summed E-state index contributed by atoms with van der Waals surface area (Å²) in [7, 11) is 1.30. The van der Waals surface area contributed by atoms with Crippen molar-refractivity contribution in [1.82, 2.24) is 0 Å². The lowest BCUT2D eigenvalue weighted by atomic mass is 10.2. The van der Waals surface area contributed by atoms with Crippen LogP contribution < -0.4 is 0 Å². The topological polar surface area (TPSA) is 39.4 Å². The van der Waals surface area contributed by atoms with Gasteiger partial charge in [-0.1, -0.05) is 11.6 Å². The lowest BCUT2D eigenvalue weighted by Gasteiger charge is -1.94. The maximum absolute atomic E-state index is 11.2. The molecule has 0 fully saturated rings. The summed E-state index contributed by atoms with van der Waals surface area (Å²) in [5, 5.41) is 1.22. The molecule has 0 aliphatic heterocycles. The van der Waals surface area contributed by atoms with Crippen LogP contribution in [0.4, 0.5) is 0 Å². The Balaban J connectivity index is 2.70. The van der Waals surface area contributed by atoms with Crippen LogP contribution in [0.2, 0.25) is 5.02 Å². The van der Waals surface area contributed by atoms with Crippen LogP contribution in [-0.4, -0.2) is 13.1 Å². The van der Waals surface area contributed by atoms with E-state index in [1.165, 1.54) is 7.11 Å². The predicted molar refractivity (Wildman–Crippen MR) is 60.3 cm³/mol. The van der Waals surface area contributed by atoms with Crippen molar-refractivity contribution in [3.63, 3.8) is 0 Å². The number of methoxy groups -OCH3 is 1. The van der Waals surface area contributed by atoms with Crippen LogP contribution in [0.5, 0.6) is 0 Å². The van der Waals surface area contributed by atoms with Crippen LogP contribution in [0.15, 0.2) is 27.1 Å². The minimum Gasteiger partial charge on any atom is -0.463 e. The third-order valence-electron chi connectivity index (χ3n) is 1.97. The highest BCUT2D eigenvalue weighted by Gasteiger charge is 2.15. The molecular formula is C10H6BrClO3. The summed E-state index contributed by atoms with van der Waals surface area (Å²) in [4.78, 5) is 11.2. The molecule has 0 N–H and O–H groups in total. The van der Waals surface area contributed by atoms with Crippen molar-refractivity contribution in [3.05, 3.63) is 33.5 Å². The Hall–Kier alpha value is -1.00. The zero-order valence-corrected chi connectivity index (χ0v) is 10.1. The van der Waals surface area contributed by atoms with Crippen molar-refractivity contribution in [1.29, 1.82) is 0 Å². The van der Waals surface area contributed by atoms with Gasteiger partial charge in [0, 0.05) is 11.5 Å². The Bertz CT molecular complexity index is 494. The molecule has 0 spiro atoms. The molecule has 0 amide bonds. The number of carbonyl (C=O) groups is 1. The van der Waals surface area contributed by atoms with Crippen LogP contribution in [0.3, 0.4) is 0 Å². The maximum Gasteiger partial charge on any atom is 0.373 e. The van der Waals surface area contributed by atoms with E-state index in [1.807, 2.05) is 0 Å². The average molecular weight is 290 g/mol. The standard InChI is InChI=1S/C10H6BrClO3/c1-14-10(13)8-4-5-7(12)3-2-6(11)9(5)15-8/h2-4H,1H3. The fourth-order valence-corrected chi connectivity index (χ4v) is 1.89. The average Bonchev–Trinajstić information content (AvgIpc) is 2.68. The van der Waals surface area contributed by atoms with Gasteiger partial charge in [0.2, 0.25) is 5.76 Å². The van der Waals surface area contributed by atoms with E-state index in [-0.39, 0.29) is 5.76 Å². The molecule has 3 nitrogen and oxygen atoms in total. The van der Waals surface area contributed by atoms with E-state index in [1.54, 1.807) is 18.2 Å². The summed E-state index contributed by atoms with van der Waals surface area (Å²) in [6, 6.07) is 5.05. The monoisotopic (exact) mass is 288 g/mol. The van der Waals surface area contributed by atoms with Gasteiger partial charge in [0.05, 0.1) is 16.6 Å². The number of rotatable bonds is 1. The highest BCUT2D eigenvalue weighted by Crippen LogP contribution is 2.32. The van der Waals surface area contributed by atoms with Crippen molar-refractivity contribution in [3.8, 4) is 0 Å². The second kappa shape index (κ2) is 3.87. The fourth-order valence-electron chi connectivity index (χ4n) is 1.26. The largest absolute Gasteiger partial charge is 0.463 e. The molecule has 78 valence electrons. The molecule has 5 heteroatoms. The van der Waals surface area contributed by atoms with Gasteiger partial charge in [0.1, 0.15) is 0 Å². The first-order valence-electron chi connectivity index (χ1n) is 4.09. The van der Waals surface area contributed by atoms with Gasteiger partial charge in [-0.15, -0.1) is 0 Å². The Kier molecular flexibility index (Phi) is 2.71. The van der Waals surface area contributed by atoms with E-state index in [4.69, 9.17) is 16.0 Å². The molecule has 1 aromatic carbocycles. The summed E-state index contributed by atoms with van der Waals surface area (Å²) < 4.78 is 10.6. The third kappa shape index (κ3) is 1.75. The van der Waals surface area contributed by atoms with Gasteiger partial charge >= 0.3 is 5.97 Å². The Morgan fingerprint density at radius 2 is 2.27 bits per heavy atom. The Morgan fingerprint density at radius 1 is 1.53 bits per heavy atom. The molecule has 1 heterocycles. The zero-order chi connectivity index (χ0) is 11.0. The number of hydrogen-bond acceptors (Lipinski definition) is 3. The van der Waals surface area contributed by atoms with Gasteiger partial charge in [-0.3, -0.25) is 0 Å². The summed E-state index contributed by atoms with van der Waals surface area (Å²) in [6.45, 7) is 0. The summed E-state index contributed by atoms with van der Waals surface area (Å²) in [5.74, 6) is -0.379. The Morgan fingerprint density at radius 3 is 2.87 bits per heavy atom. The fraction of sp³-hybridized carbons (Fsp3) is 0.100. The van der Waals surface area contributed by atoms with Gasteiger partial charge in [0.15, 0.2) is 5.58 Å². The van der Waals surface area contributed by atoms with E-state index in [9.17, 15) is 4.79 Å². The number of furan rings is 1. The molecule has 1 aromatic heterocycles. The predicted octanol–water partition coefficient (Wildman–Crippen LogP) is 3.64. The summed E-state index contributed by atoms with van der Waals surface area (Å²) in [6.07, 6.45) is 0. The van der Waals surface area contributed by atoms with Gasteiger partial charge in [0.25, 0.3) is 0 Å². The highest BCUT2D eigenvalue weighted by molar-refractivity contribution is 9.10. The van der Waals surface area contributed by atoms with Crippen molar-refractivity contribution >= 4 is 44.5 Å². The van der Waals surface area contributed by atoms with Crippen molar-refractivity contribution in [2.45, 2.75) is 0 Å². The molecular weight excluding hydrogens is 283 g/mol. The number of halogens is 2. The SMILES string of the molecule is COC(=O)c1cc2c(Cl)ccc(Br)c2o1. The second-order valence-electron chi connectivity index (χ2n) is 2.87. The summed E-state index contributed by atoms with van der Waals surface area (Å²) in [5.41, 5.74) is 0.544. The van der Waals surface area contributed by atoms with E-state index in [0.717, 1.165) is 4.47 Å². The number of hydrogen-bond donors (Lipinski definition) is 0. The number of esters is 1. The first-order chi connectivity index (χ1) is 7.13. The van der Waals surface area contributed by atoms with Crippen molar-refractivity contribution < 1.29 is 13.9 Å². The van der Waals surface area contributed by atoms with Crippen molar-refractivity contribution in [2.24, 2.45) is 0 Å². The normalized spacial score (nSPS) is 10.6. The molecule has 0 atom stereocenters. The Labute approximate surface area is 99.1 Å². The molecule has 2 rings (SSSR count). The molecule has 0 saturated heterocycles. The van der Waals surface area contributed by atoms with Crippen LogP contribution in [-0.2, 0) is 4.74 Å². The maximum atomic E-state index is 11.2. The van der Waals surface area contributed by atoms with E-state index in [2.05, 4.69) is 20.7 Å². The minimum absolute atomic E-state index is 0.140. The molecule has 15 heavy (non-hydrogen) atoms. The second-order valence-corrected chi connectivity index (χ2v) is 4.14. The number of fused-ring (bicyclic) bond motifs is 1.